The third-order valence-electron chi connectivity index (χ3n) is 3.29. The second-order valence-electron chi connectivity index (χ2n) is 4.86. The number of halogens is 1. The number of carbonyl (C=O) groups is 1. The van der Waals surface area contributed by atoms with Crippen molar-refractivity contribution in [2.45, 2.75) is 39.2 Å². The first-order valence-corrected chi connectivity index (χ1v) is 7.44. The molecule has 2 rings (SSSR count). The van der Waals surface area contributed by atoms with E-state index in [4.69, 9.17) is 11.6 Å². The highest BCUT2D eigenvalue weighted by molar-refractivity contribution is 6.33. The van der Waals surface area contributed by atoms with Gasteiger partial charge in [-0.25, -0.2) is 9.48 Å². The highest BCUT2D eigenvalue weighted by atomic mass is 35.5. The third kappa shape index (κ3) is 3.61. The van der Waals surface area contributed by atoms with Crippen molar-refractivity contribution >= 4 is 17.6 Å². The fraction of sp³-hybridized carbons (Fsp3) is 0.400. The molecule has 5 nitrogen and oxygen atoms in total. The van der Waals surface area contributed by atoms with Gasteiger partial charge in [-0.2, -0.15) is 0 Å². The molecule has 0 amide bonds. The summed E-state index contributed by atoms with van der Waals surface area (Å²) in [5, 5.41) is 17.5. The van der Waals surface area contributed by atoms with E-state index in [2.05, 4.69) is 17.2 Å². The van der Waals surface area contributed by atoms with Crippen LogP contribution in [-0.4, -0.2) is 26.1 Å². The van der Waals surface area contributed by atoms with Crippen LogP contribution in [0.15, 0.2) is 24.3 Å². The summed E-state index contributed by atoms with van der Waals surface area (Å²) < 4.78 is 1.64. The number of nitrogens with zero attached hydrogens (tertiary/aromatic N) is 3. The Hall–Kier alpha value is -1.88. The van der Waals surface area contributed by atoms with Crippen LogP contribution in [0.5, 0.6) is 0 Å². The number of aromatic nitrogens is 3. The molecule has 0 atom stereocenters. The van der Waals surface area contributed by atoms with Crippen molar-refractivity contribution in [3.05, 3.63) is 35.0 Å². The Balaban J connectivity index is 2.34. The van der Waals surface area contributed by atoms with Gasteiger partial charge in [0, 0.05) is 12.1 Å². The molecule has 0 saturated carbocycles. The maximum atomic E-state index is 11.3. The van der Waals surface area contributed by atoms with Gasteiger partial charge < -0.3 is 5.11 Å². The largest absolute Gasteiger partial charge is 0.476 e. The van der Waals surface area contributed by atoms with Gasteiger partial charge in [0.2, 0.25) is 0 Å². The SMILES string of the molecule is CCCCCCn1nnc(C(=O)O)c1-c1ccccc1Cl. The minimum absolute atomic E-state index is 0.0569. The lowest BCUT2D eigenvalue weighted by Crippen LogP contribution is -2.05. The van der Waals surface area contributed by atoms with Crippen LogP contribution in [0.3, 0.4) is 0 Å². The van der Waals surface area contributed by atoms with Crippen molar-refractivity contribution < 1.29 is 9.90 Å². The molecule has 0 unspecified atom stereocenters. The summed E-state index contributed by atoms with van der Waals surface area (Å²) in [5.74, 6) is -1.09. The molecule has 0 radical (unpaired) electrons. The number of benzene rings is 1. The van der Waals surface area contributed by atoms with Crippen molar-refractivity contribution in [1.29, 1.82) is 0 Å². The molecular weight excluding hydrogens is 290 g/mol. The highest BCUT2D eigenvalue weighted by Crippen LogP contribution is 2.29. The van der Waals surface area contributed by atoms with Gasteiger partial charge in [0.25, 0.3) is 0 Å². The fourth-order valence-electron chi connectivity index (χ4n) is 2.22. The third-order valence-corrected chi connectivity index (χ3v) is 3.62. The van der Waals surface area contributed by atoms with Gasteiger partial charge >= 0.3 is 5.97 Å². The maximum Gasteiger partial charge on any atom is 0.358 e. The molecule has 0 aliphatic heterocycles. The van der Waals surface area contributed by atoms with Crippen LogP contribution >= 0.6 is 11.6 Å². The van der Waals surface area contributed by atoms with Gasteiger partial charge in [0.05, 0.1) is 5.02 Å². The Labute approximate surface area is 128 Å². The smallest absolute Gasteiger partial charge is 0.358 e. The van der Waals surface area contributed by atoms with Crippen LogP contribution in [0.25, 0.3) is 11.3 Å². The molecule has 112 valence electrons. The quantitative estimate of drug-likeness (QED) is 0.788. The van der Waals surface area contributed by atoms with Crippen LogP contribution in [-0.2, 0) is 6.54 Å². The van der Waals surface area contributed by atoms with Crippen LogP contribution in [0.2, 0.25) is 5.02 Å². The zero-order valence-electron chi connectivity index (χ0n) is 11.9. The Morgan fingerprint density at radius 1 is 1.29 bits per heavy atom. The van der Waals surface area contributed by atoms with Gasteiger partial charge in [-0.15, -0.1) is 5.10 Å². The zero-order valence-corrected chi connectivity index (χ0v) is 12.7. The number of rotatable bonds is 7. The van der Waals surface area contributed by atoms with Crippen molar-refractivity contribution in [3.63, 3.8) is 0 Å². The standard InChI is InChI=1S/C15H18ClN3O2/c1-2-3-4-7-10-19-14(13(15(20)21)17-18-19)11-8-5-6-9-12(11)16/h5-6,8-9H,2-4,7,10H2,1H3,(H,20,21). The fourth-order valence-corrected chi connectivity index (χ4v) is 2.45. The van der Waals surface area contributed by atoms with Gasteiger partial charge in [0.15, 0.2) is 5.69 Å². The number of unbranched alkanes of at least 4 members (excludes halogenated alkanes) is 3. The summed E-state index contributed by atoms with van der Waals surface area (Å²) in [4.78, 5) is 11.3. The lowest BCUT2D eigenvalue weighted by atomic mass is 10.1. The Kier molecular flexibility index (Phi) is 5.33. The molecule has 1 aromatic carbocycles. The van der Waals surface area contributed by atoms with Crippen molar-refractivity contribution in [3.8, 4) is 11.3 Å². The lowest BCUT2D eigenvalue weighted by Gasteiger charge is -2.08. The highest BCUT2D eigenvalue weighted by Gasteiger charge is 2.21. The predicted octanol–water partition coefficient (Wildman–Crippen LogP) is 3.88. The first-order chi connectivity index (χ1) is 10.1. The average molecular weight is 308 g/mol. The summed E-state index contributed by atoms with van der Waals surface area (Å²) >= 11 is 6.19. The minimum Gasteiger partial charge on any atom is -0.476 e. The summed E-state index contributed by atoms with van der Waals surface area (Å²) in [6, 6.07) is 7.15. The van der Waals surface area contributed by atoms with E-state index in [1.165, 1.54) is 0 Å². The molecule has 21 heavy (non-hydrogen) atoms. The van der Waals surface area contributed by atoms with E-state index in [-0.39, 0.29) is 5.69 Å². The van der Waals surface area contributed by atoms with Gasteiger partial charge in [-0.05, 0) is 12.5 Å². The number of carboxylic acid groups (broad SMARTS) is 1. The maximum absolute atomic E-state index is 11.3. The predicted molar refractivity (Wildman–Crippen MR) is 81.6 cm³/mol. The van der Waals surface area contributed by atoms with E-state index in [9.17, 15) is 9.90 Å². The van der Waals surface area contributed by atoms with Gasteiger partial charge in [0.1, 0.15) is 5.69 Å². The molecule has 1 N–H and O–H groups in total. The van der Waals surface area contributed by atoms with E-state index in [1.54, 1.807) is 16.8 Å². The lowest BCUT2D eigenvalue weighted by molar-refractivity contribution is 0.0691. The number of hydrogen-bond acceptors (Lipinski definition) is 3. The molecule has 0 bridgehead atoms. The molecule has 2 aromatic rings. The molecule has 1 aromatic heterocycles. The van der Waals surface area contributed by atoms with E-state index in [0.717, 1.165) is 25.7 Å². The molecular formula is C15H18ClN3O2. The summed E-state index contributed by atoms with van der Waals surface area (Å²) in [7, 11) is 0. The molecule has 0 saturated heterocycles. The number of hydrogen-bond donors (Lipinski definition) is 1. The first-order valence-electron chi connectivity index (χ1n) is 7.06. The molecule has 0 aliphatic rings. The zero-order chi connectivity index (χ0) is 15.2. The van der Waals surface area contributed by atoms with Crippen molar-refractivity contribution in [2.75, 3.05) is 0 Å². The number of aryl methyl sites for hydroxylation is 1. The van der Waals surface area contributed by atoms with Crippen LogP contribution in [0, 0.1) is 0 Å². The average Bonchev–Trinajstić information content (AvgIpc) is 2.88. The summed E-state index contributed by atoms with van der Waals surface area (Å²) in [6.45, 7) is 2.79. The Morgan fingerprint density at radius 3 is 2.71 bits per heavy atom. The summed E-state index contributed by atoms with van der Waals surface area (Å²) in [5.41, 5.74) is 1.07. The number of aromatic carboxylic acids is 1. The molecule has 6 heteroatoms. The molecule has 0 spiro atoms. The second kappa shape index (κ2) is 7.22. The van der Waals surface area contributed by atoms with Crippen LogP contribution in [0.1, 0.15) is 43.1 Å². The second-order valence-corrected chi connectivity index (χ2v) is 5.26. The minimum atomic E-state index is -1.09. The van der Waals surface area contributed by atoms with Crippen LogP contribution < -0.4 is 0 Å². The normalized spacial score (nSPS) is 10.8. The van der Waals surface area contributed by atoms with E-state index in [0.29, 0.717) is 22.8 Å². The number of carboxylic acids is 1. The Morgan fingerprint density at radius 2 is 2.05 bits per heavy atom. The monoisotopic (exact) mass is 307 g/mol. The van der Waals surface area contributed by atoms with Crippen molar-refractivity contribution in [1.82, 2.24) is 15.0 Å². The van der Waals surface area contributed by atoms with E-state index < -0.39 is 5.97 Å². The topological polar surface area (TPSA) is 68.0 Å². The molecule has 0 fully saturated rings. The summed E-state index contributed by atoms with van der Waals surface area (Å²) in [6.07, 6.45) is 4.32. The Bertz CT molecular complexity index is 625. The van der Waals surface area contributed by atoms with Crippen LogP contribution in [0.4, 0.5) is 0 Å². The molecule has 1 heterocycles. The van der Waals surface area contributed by atoms with E-state index in [1.807, 2.05) is 12.1 Å². The van der Waals surface area contributed by atoms with Gasteiger partial charge in [-0.3, -0.25) is 0 Å². The molecule has 0 aliphatic carbocycles. The van der Waals surface area contributed by atoms with Gasteiger partial charge in [-0.1, -0.05) is 61.2 Å². The van der Waals surface area contributed by atoms with E-state index >= 15 is 0 Å². The van der Waals surface area contributed by atoms with Crippen molar-refractivity contribution in [2.24, 2.45) is 0 Å². The first kappa shape index (κ1) is 15.5.